The van der Waals surface area contributed by atoms with Gasteiger partial charge < -0.3 is 15.1 Å². The fourth-order valence-electron chi connectivity index (χ4n) is 3.45. The summed E-state index contributed by atoms with van der Waals surface area (Å²) in [6.45, 7) is 2.31. The van der Waals surface area contributed by atoms with Gasteiger partial charge >= 0.3 is 11.8 Å². The third kappa shape index (κ3) is 4.00. The van der Waals surface area contributed by atoms with Crippen molar-refractivity contribution in [1.29, 1.82) is 0 Å². The molecule has 29 heavy (non-hydrogen) atoms. The van der Waals surface area contributed by atoms with Crippen LogP contribution in [0, 0.1) is 0 Å². The number of aromatic nitrogens is 2. The van der Waals surface area contributed by atoms with Crippen molar-refractivity contribution in [3.05, 3.63) is 40.5 Å². The largest absolute Gasteiger partial charge is 0.332 e. The van der Waals surface area contributed by atoms with Crippen molar-refractivity contribution in [2.24, 2.45) is 0 Å². The molecule has 2 aliphatic rings. The summed E-state index contributed by atoms with van der Waals surface area (Å²) in [6.07, 6.45) is 0. The molecule has 11 heteroatoms. The Morgan fingerprint density at radius 3 is 2.38 bits per heavy atom. The van der Waals surface area contributed by atoms with Crippen LogP contribution in [0.5, 0.6) is 0 Å². The molecule has 0 spiro atoms. The summed E-state index contributed by atoms with van der Waals surface area (Å²) < 4.78 is 25.5. The average Bonchev–Trinajstić information content (AvgIpc) is 3.15. The molecule has 0 unspecified atom stereocenters. The van der Waals surface area contributed by atoms with Crippen LogP contribution in [0.15, 0.2) is 24.3 Å². The predicted octanol–water partition coefficient (Wildman–Crippen LogP) is 0.667. The zero-order valence-corrected chi connectivity index (χ0v) is 17.3. The van der Waals surface area contributed by atoms with Gasteiger partial charge in [0.2, 0.25) is 0 Å². The van der Waals surface area contributed by atoms with E-state index in [1.165, 1.54) is 9.58 Å². The molecule has 2 amide bonds. The number of nitrogens with zero attached hydrogens (tertiary/aromatic N) is 4. The first kappa shape index (κ1) is 19.9. The van der Waals surface area contributed by atoms with Gasteiger partial charge in [-0.2, -0.15) is 5.10 Å². The summed E-state index contributed by atoms with van der Waals surface area (Å²) in [7, 11) is -1.37. The normalized spacial score (nSPS) is 18.5. The molecule has 4 rings (SSSR count). The highest BCUT2D eigenvalue weighted by molar-refractivity contribution is 7.90. The van der Waals surface area contributed by atoms with E-state index in [9.17, 15) is 18.0 Å². The molecule has 0 saturated carbocycles. The van der Waals surface area contributed by atoms with Gasteiger partial charge in [-0.25, -0.2) is 13.1 Å². The van der Waals surface area contributed by atoms with Crippen LogP contribution in [0.1, 0.15) is 11.3 Å². The molecule has 0 atom stereocenters. The number of carbonyl (C=O) groups is 2. The van der Waals surface area contributed by atoms with Gasteiger partial charge in [-0.15, -0.1) is 0 Å². The number of anilines is 1. The Morgan fingerprint density at radius 2 is 1.72 bits per heavy atom. The van der Waals surface area contributed by atoms with Crippen molar-refractivity contribution in [3.63, 3.8) is 0 Å². The Hall–Kier alpha value is -2.43. The van der Waals surface area contributed by atoms with E-state index in [1.54, 1.807) is 24.3 Å². The molecule has 2 aromatic rings. The van der Waals surface area contributed by atoms with E-state index in [4.69, 9.17) is 11.6 Å². The summed E-state index contributed by atoms with van der Waals surface area (Å²) in [4.78, 5) is 28.8. The second-order valence-electron chi connectivity index (χ2n) is 7.24. The van der Waals surface area contributed by atoms with E-state index in [0.717, 1.165) is 0 Å². The van der Waals surface area contributed by atoms with Crippen LogP contribution in [0.4, 0.5) is 5.82 Å². The maximum absolute atomic E-state index is 12.7. The Labute approximate surface area is 173 Å². The fourth-order valence-corrected chi connectivity index (χ4v) is 5.07. The number of nitrogens with one attached hydrogen (secondary N) is 1. The van der Waals surface area contributed by atoms with Gasteiger partial charge in [-0.1, -0.05) is 11.6 Å². The van der Waals surface area contributed by atoms with E-state index >= 15 is 0 Å². The predicted molar refractivity (Wildman–Crippen MR) is 108 cm³/mol. The minimum atomic E-state index is -3.32. The molecule has 2 aliphatic heterocycles. The molecule has 0 aliphatic carbocycles. The lowest BCUT2D eigenvalue weighted by Crippen LogP contribution is -2.50. The maximum atomic E-state index is 12.7. The minimum absolute atomic E-state index is 0.196. The molecule has 1 N–H and O–H groups in total. The van der Waals surface area contributed by atoms with Crippen molar-refractivity contribution in [1.82, 2.24) is 19.6 Å². The molecule has 1 aromatic carbocycles. The Balaban J connectivity index is 1.64. The van der Waals surface area contributed by atoms with Gasteiger partial charge in [-0.3, -0.25) is 9.59 Å². The van der Waals surface area contributed by atoms with Crippen LogP contribution in [0.3, 0.4) is 0 Å². The average molecular weight is 438 g/mol. The second kappa shape index (κ2) is 7.43. The lowest BCUT2D eigenvalue weighted by Gasteiger charge is -2.31. The van der Waals surface area contributed by atoms with Crippen LogP contribution in [-0.2, 0) is 30.9 Å². The Kier molecular flexibility index (Phi) is 5.09. The van der Waals surface area contributed by atoms with E-state index in [-0.39, 0.29) is 17.3 Å². The maximum Gasteiger partial charge on any atom is 0.315 e. The highest BCUT2D eigenvalue weighted by atomic mass is 35.5. The van der Waals surface area contributed by atoms with E-state index in [0.29, 0.717) is 48.1 Å². The molecule has 1 aromatic heterocycles. The smallest absolute Gasteiger partial charge is 0.315 e. The number of benzene rings is 1. The molecule has 1 saturated heterocycles. The second-order valence-corrected chi connectivity index (χ2v) is 9.74. The van der Waals surface area contributed by atoms with Gasteiger partial charge in [-0.05, 0) is 31.3 Å². The Morgan fingerprint density at radius 1 is 1.07 bits per heavy atom. The molecular formula is C18H20ClN5O4S. The van der Waals surface area contributed by atoms with Crippen molar-refractivity contribution in [2.45, 2.75) is 11.5 Å². The first-order valence-corrected chi connectivity index (χ1v) is 11.3. The number of halogens is 1. The monoisotopic (exact) mass is 437 g/mol. The molecule has 0 radical (unpaired) electrons. The van der Waals surface area contributed by atoms with Crippen molar-refractivity contribution in [2.75, 3.05) is 38.5 Å². The van der Waals surface area contributed by atoms with Gasteiger partial charge in [0.05, 0.1) is 22.9 Å². The zero-order chi connectivity index (χ0) is 20.8. The van der Waals surface area contributed by atoms with Gasteiger partial charge in [0.25, 0.3) is 0 Å². The summed E-state index contributed by atoms with van der Waals surface area (Å²) in [5.74, 6) is -1.67. The Bertz CT molecular complexity index is 1070. The lowest BCUT2D eigenvalue weighted by molar-refractivity contribution is -0.144. The first-order chi connectivity index (χ1) is 13.7. The number of sulfone groups is 1. The van der Waals surface area contributed by atoms with Gasteiger partial charge in [0.1, 0.15) is 5.82 Å². The molecule has 1 fully saturated rings. The molecule has 3 heterocycles. The standard InChI is InChI=1S/C18H20ClN5O4S/c1-22-6-8-23(9-7-22)18(26)17(25)20-16-14-10-29(27,28)11-15(14)21-24(16)13-4-2-12(19)3-5-13/h2-5H,6-11H2,1H3,(H,20,25). The highest BCUT2D eigenvalue weighted by Crippen LogP contribution is 2.33. The SMILES string of the molecule is CN1CCN(C(=O)C(=O)Nc2c3c(nn2-c2ccc(Cl)cc2)CS(=O)(=O)C3)CC1. The topological polar surface area (TPSA) is 105 Å². The third-order valence-corrected chi connectivity index (χ3v) is 6.77. The van der Waals surface area contributed by atoms with Crippen LogP contribution in [0.25, 0.3) is 5.69 Å². The molecule has 154 valence electrons. The van der Waals surface area contributed by atoms with E-state index in [1.807, 2.05) is 7.05 Å². The van der Waals surface area contributed by atoms with Crippen molar-refractivity contribution in [3.8, 4) is 5.69 Å². The number of hydrogen-bond acceptors (Lipinski definition) is 6. The minimum Gasteiger partial charge on any atom is -0.332 e. The number of piperazine rings is 1. The van der Waals surface area contributed by atoms with E-state index in [2.05, 4.69) is 15.3 Å². The number of likely N-dealkylation sites (N-methyl/N-ethyl adjacent to an activating group) is 1. The van der Waals surface area contributed by atoms with Crippen molar-refractivity contribution < 1.29 is 18.0 Å². The van der Waals surface area contributed by atoms with Crippen LogP contribution in [0.2, 0.25) is 5.02 Å². The fraction of sp³-hybridized carbons (Fsp3) is 0.389. The number of hydrogen-bond donors (Lipinski definition) is 1. The quantitative estimate of drug-likeness (QED) is 0.692. The van der Waals surface area contributed by atoms with Gasteiger partial charge in [0.15, 0.2) is 9.84 Å². The van der Waals surface area contributed by atoms with E-state index < -0.39 is 21.7 Å². The van der Waals surface area contributed by atoms with Crippen molar-refractivity contribution >= 4 is 39.1 Å². The third-order valence-electron chi connectivity index (χ3n) is 5.08. The number of rotatable bonds is 2. The summed E-state index contributed by atoms with van der Waals surface area (Å²) in [5.41, 5.74) is 1.39. The zero-order valence-electron chi connectivity index (χ0n) is 15.8. The molecular weight excluding hydrogens is 418 g/mol. The lowest BCUT2D eigenvalue weighted by atomic mass is 10.2. The summed E-state index contributed by atoms with van der Waals surface area (Å²) in [6, 6.07) is 6.75. The number of carbonyl (C=O) groups excluding carboxylic acids is 2. The number of fused-ring (bicyclic) bond motifs is 1. The molecule has 9 nitrogen and oxygen atoms in total. The number of amides is 2. The first-order valence-electron chi connectivity index (χ1n) is 9.09. The highest BCUT2D eigenvalue weighted by Gasteiger charge is 2.34. The van der Waals surface area contributed by atoms with Crippen LogP contribution < -0.4 is 5.32 Å². The van der Waals surface area contributed by atoms with Crippen LogP contribution >= 0.6 is 11.6 Å². The van der Waals surface area contributed by atoms with Gasteiger partial charge in [0, 0.05) is 36.8 Å². The summed E-state index contributed by atoms with van der Waals surface area (Å²) >= 11 is 5.94. The molecule has 0 bridgehead atoms. The summed E-state index contributed by atoms with van der Waals surface area (Å²) in [5, 5.41) is 7.51. The van der Waals surface area contributed by atoms with Crippen LogP contribution in [-0.4, -0.2) is 73.0 Å².